The number of halogens is 2. The van der Waals surface area contributed by atoms with Gasteiger partial charge in [-0.05, 0) is 26.7 Å². The number of esters is 1. The lowest BCUT2D eigenvalue weighted by atomic mass is 9.74. The molecule has 0 aromatic rings. The number of rotatable bonds is 4. The molecule has 0 unspecified atom stereocenters. The van der Waals surface area contributed by atoms with Crippen molar-refractivity contribution in [2.75, 3.05) is 6.61 Å². The minimum atomic E-state index is -3.55. The van der Waals surface area contributed by atoms with Gasteiger partial charge in [-0.15, -0.1) is 0 Å². The molecule has 1 aliphatic rings. The molecule has 0 amide bonds. The second-order valence-electron chi connectivity index (χ2n) is 4.45. The van der Waals surface area contributed by atoms with Crippen LogP contribution < -0.4 is 0 Å². The first kappa shape index (κ1) is 14.1. The van der Waals surface area contributed by atoms with Crippen molar-refractivity contribution in [2.45, 2.75) is 45.5 Å². The summed E-state index contributed by atoms with van der Waals surface area (Å²) in [6, 6.07) is 0. The van der Waals surface area contributed by atoms with Crippen LogP contribution >= 0.6 is 0 Å². The topological polar surface area (TPSA) is 43.4 Å². The van der Waals surface area contributed by atoms with Crippen LogP contribution in [0.3, 0.4) is 0 Å². The van der Waals surface area contributed by atoms with Gasteiger partial charge in [0.15, 0.2) is 0 Å². The van der Waals surface area contributed by atoms with E-state index in [0.717, 1.165) is 6.42 Å². The Morgan fingerprint density at radius 3 is 2.41 bits per heavy atom. The van der Waals surface area contributed by atoms with Crippen LogP contribution in [-0.4, -0.2) is 24.3 Å². The second-order valence-corrected chi connectivity index (χ2v) is 4.45. The van der Waals surface area contributed by atoms with Gasteiger partial charge in [0, 0.05) is 11.8 Å². The summed E-state index contributed by atoms with van der Waals surface area (Å²) in [5.41, 5.74) is 0. The molecule has 0 bridgehead atoms. The maximum absolute atomic E-state index is 13.9. The number of alkyl halides is 2. The molecule has 3 nitrogen and oxygen atoms in total. The van der Waals surface area contributed by atoms with E-state index < -0.39 is 23.7 Å². The first-order valence-electron chi connectivity index (χ1n) is 5.96. The van der Waals surface area contributed by atoms with Gasteiger partial charge in [0.1, 0.15) is 5.78 Å². The predicted molar refractivity (Wildman–Crippen MR) is 57.7 cm³/mol. The summed E-state index contributed by atoms with van der Waals surface area (Å²) in [5, 5.41) is 0. The summed E-state index contributed by atoms with van der Waals surface area (Å²) in [6.07, 6.45) is 2.04. The first-order chi connectivity index (χ1) is 7.91. The van der Waals surface area contributed by atoms with Crippen LogP contribution in [0.2, 0.25) is 0 Å². The van der Waals surface area contributed by atoms with Crippen molar-refractivity contribution in [3.05, 3.63) is 0 Å². The van der Waals surface area contributed by atoms with E-state index in [9.17, 15) is 18.4 Å². The van der Waals surface area contributed by atoms with Crippen molar-refractivity contribution in [3.8, 4) is 0 Å². The van der Waals surface area contributed by atoms with Gasteiger partial charge in [-0.3, -0.25) is 4.79 Å². The molecule has 2 atom stereocenters. The highest BCUT2D eigenvalue weighted by atomic mass is 19.3. The molecular weight excluding hydrogens is 230 g/mol. The molecule has 5 heteroatoms. The summed E-state index contributed by atoms with van der Waals surface area (Å²) in [6.45, 7) is 2.72. The lowest BCUT2D eigenvalue weighted by Gasteiger charge is -2.34. The van der Waals surface area contributed by atoms with Gasteiger partial charge >= 0.3 is 11.9 Å². The third kappa shape index (κ3) is 3.01. The molecule has 1 rings (SSSR count). The van der Waals surface area contributed by atoms with Crippen LogP contribution in [0.5, 0.6) is 0 Å². The van der Waals surface area contributed by atoms with Crippen LogP contribution in [-0.2, 0) is 14.3 Å². The Hall–Kier alpha value is -1.00. The molecular formula is C12H18F2O3. The van der Waals surface area contributed by atoms with Crippen LogP contribution in [0.4, 0.5) is 8.78 Å². The number of hydrogen-bond donors (Lipinski definition) is 0. The number of carbonyl (C=O) groups is 2. The Kier molecular flexibility index (Phi) is 4.60. The minimum Gasteiger partial charge on any atom is -0.462 e. The van der Waals surface area contributed by atoms with Gasteiger partial charge in [-0.2, -0.15) is 8.78 Å². The van der Waals surface area contributed by atoms with Crippen molar-refractivity contribution >= 4 is 11.8 Å². The SMILES string of the molecule is CCOC(=O)C(F)(F)[C@H]1CCCC[C@H]1C(C)=O. The normalized spacial score (nSPS) is 25.4. The zero-order valence-electron chi connectivity index (χ0n) is 10.2. The number of hydrogen-bond acceptors (Lipinski definition) is 3. The first-order valence-corrected chi connectivity index (χ1v) is 5.96. The highest BCUT2D eigenvalue weighted by molar-refractivity contribution is 5.82. The molecule has 0 aromatic carbocycles. The maximum atomic E-state index is 13.9. The summed E-state index contributed by atoms with van der Waals surface area (Å²) >= 11 is 0. The van der Waals surface area contributed by atoms with Crippen molar-refractivity contribution < 1.29 is 23.1 Å². The fraction of sp³-hybridized carbons (Fsp3) is 0.833. The summed E-state index contributed by atoms with van der Waals surface area (Å²) in [5.74, 6) is -7.24. The van der Waals surface area contributed by atoms with E-state index in [2.05, 4.69) is 4.74 Å². The van der Waals surface area contributed by atoms with E-state index >= 15 is 0 Å². The highest BCUT2D eigenvalue weighted by Gasteiger charge is 2.53. The molecule has 0 N–H and O–H groups in total. The van der Waals surface area contributed by atoms with Crippen LogP contribution in [0.15, 0.2) is 0 Å². The molecule has 0 radical (unpaired) electrons. The van der Waals surface area contributed by atoms with Crippen molar-refractivity contribution in [1.82, 2.24) is 0 Å². The highest BCUT2D eigenvalue weighted by Crippen LogP contribution is 2.41. The van der Waals surface area contributed by atoms with Crippen LogP contribution in [0.25, 0.3) is 0 Å². The molecule has 0 heterocycles. The fourth-order valence-corrected chi connectivity index (χ4v) is 2.43. The number of ketones is 1. The largest absolute Gasteiger partial charge is 0.462 e. The standard InChI is InChI=1S/C12H18F2O3/c1-3-17-11(16)12(13,14)10-7-5-4-6-9(10)8(2)15/h9-10H,3-7H2,1-2H3/t9-,10-/m0/s1. The molecule has 1 aliphatic carbocycles. The lowest BCUT2D eigenvalue weighted by Crippen LogP contribution is -2.45. The van der Waals surface area contributed by atoms with E-state index in [-0.39, 0.29) is 18.8 Å². The number of ether oxygens (including phenoxy) is 1. The maximum Gasteiger partial charge on any atom is 0.377 e. The smallest absolute Gasteiger partial charge is 0.377 e. The zero-order valence-corrected chi connectivity index (χ0v) is 10.2. The van der Waals surface area contributed by atoms with E-state index in [1.165, 1.54) is 13.8 Å². The molecule has 0 aliphatic heterocycles. The third-order valence-corrected chi connectivity index (χ3v) is 3.30. The van der Waals surface area contributed by atoms with E-state index in [1.54, 1.807) is 0 Å². The average Bonchev–Trinajstić information content (AvgIpc) is 2.29. The molecule has 17 heavy (non-hydrogen) atoms. The summed E-state index contributed by atoms with van der Waals surface area (Å²) in [7, 11) is 0. The third-order valence-electron chi connectivity index (χ3n) is 3.30. The van der Waals surface area contributed by atoms with E-state index in [1.807, 2.05) is 0 Å². The number of Topliss-reactive ketones (excluding diaryl/α,β-unsaturated/α-hetero) is 1. The Bertz CT molecular complexity index is 302. The van der Waals surface area contributed by atoms with Crippen LogP contribution in [0.1, 0.15) is 39.5 Å². The Morgan fingerprint density at radius 2 is 1.88 bits per heavy atom. The molecule has 1 fully saturated rings. The van der Waals surface area contributed by atoms with Gasteiger partial charge in [0.05, 0.1) is 6.61 Å². The van der Waals surface area contributed by atoms with E-state index in [0.29, 0.717) is 12.8 Å². The second kappa shape index (κ2) is 5.56. The molecule has 98 valence electrons. The number of carbonyl (C=O) groups excluding carboxylic acids is 2. The summed E-state index contributed by atoms with van der Waals surface area (Å²) < 4.78 is 32.1. The van der Waals surface area contributed by atoms with Crippen molar-refractivity contribution in [1.29, 1.82) is 0 Å². The molecule has 0 spiro atoms. The van der Waals surface area contributed by atoms with Crippen molar-refractivity contribution in [2.24, 2.45) is 11.8 Å². The van der Waals surface area contributed by atoms with Gasteiger partial charge in [-0.1, -0.05) is 12.8 Å². The Balaban J connectivity index is 2.86. The van der Waals surface area contributed by atoms with Gasteiger partial charge in [0.2, 0.25) is 0 Å². The van der Waals surface area contributed by atoms with Crippen molar-refractivity contribution in [3.63, 3.8) is 0 Å². The summed E-state index contributed by atoms with van der Waals surface area (Å²) in [4.78, 5) is 22.6. The lowest BCUT2D eigenvalue weighted by molar-refractivity contribution is -0.186. The Morgan fingerprint density at radius 1 is 1.29 bits per heavy atom. The van der Waals surface area contributed by atoms with E-state index in [4.69, 9.17) is 0 Å². The molecule has 1 saturated carbocycles. The van der Waals surface area contributed by atoms with Crippen LogP contribution in [0, 0.1) is 11.8 Å². The average molecular weight is 248 g/mol. The fourth-order valence-electron chi connectivity index (χ4n) is 2.43. The van der Waals surface area contributed by atoms with Gasteiger partial charge in [0.25, 0.3) is 0 Å². The predicted octanol–water partition coefficient (Wildman–Crippen LogP) is 2.58. The molecule has 0 saturated heterocycles. The van der Waals surface area contributed by atoms with Gasteiger partial charge in [-0.25, -0.2) is 4.79 Å². The monoisotopic (exact) mass is 248 g/mol. The zero-order chi connectivity index (χ0) is 13.1. The quantitative estimate of drug-likeness (QED) is 0.718. The molecule has 0 aromatic heterocycles. The van der Waals surface area contributed by atoms with Gasteiger partial charge < -0.3 is 4.74 Å². The Labute approximate surface area is 99.5 Å². The minimum absolute atomic E-state index is 0.0775.